The van der Waals surface area contributed by atoms with Gasteiger partial charge in [0.05, 0.1) is 7.11 Å². The number of rotatable bonds is 4. The molecule has 1 aromatic carbocycles. The van der Waals surface area contributed by atoms with Gasteiger partial charge >= 0.3 is 0 Å². The molecule has 0 spiro atoms. The molecule has 0 aromatic heterocycles. The molecule has 1 nitrogen and oxygen atoms in total. The van der Waals surface area contributed by atoms with Crippen molar-refractivity contribution >= 4 is 0 Å². The van der Waals surface area contributed by atoms with Crippen LogP contribution in [-0.2, 0) is 5.41 Å². The predicted molar refractivity (Wildman–Crippen MR) is 60.9 cm³/mol. The lowest BCUT2D eigenvalue weighted by atomic mass is 9.81. The van der Waals surface area contributed by atoms with Gasteiger partial charge in [0.15, 0.2) is 11.6 Å². The second kappa shape index (κ2) is 4.65. The van der Waals surface area contributed by atoms with Crippen molar-refractivity contribution in [3.8, 4) is 5.75 Å². The van der Waals surface area contributed by atoms with E-state index in [1.165, 1.54) is 13.2 Å². The summed E-state index contributed by atoms with van der Waals surface area (Å²) in [6.07, 6.45) is 2.20. The highest BCUT2D eigenvalue weighted by Gasteiger charge is 2.20. The van der Waals surface area contributed by atoms with Gasteiger partial charge in [-0.2, -0.15) is 0 Å². The highest BCUT2D eigenvalue weighted by atomic mass is 19.1. The van der Waals surface area contributed by atoms with Crippen LogP contribution in [0.4, 0.5) is 4.39 Å². The molecule has 2 heteroatoms. The van der Waals surface area contributed by atoms with Gasteiger partial charge < -0.3 is 4.74 Å². The molecule has 0 aliphatic rings. The van der Waals surface area contributed by atoms with Crippen molar-refractivity contribution < 1.29 is 9.13 Å². The Morgan fingerprint density at radius 3 is 2.53 bits per heavy atom. The first-order valence-corrected chi connectivity index (χ1v) is 5.35. The predicted octanol–water partition coefficient (Wildman–Crippen LogP) is 3.91. The Morgan fingerprint density at radius 1 is 1.33 bits per heavy atom. The van der Waals surface area contributed by atoms with Gasteiger partial charge in [-0.15, -0.1) is 0 Å². The molecule has 0 aliphatic carbocycles. The fourth-order valence-electron chi connectivity index (χ4n) is 1.85. The fraction of sp³-hybridized carbons (Fsp3) is 0.538. The van der Waals surface area contributed by atoms with Crippen molar-refractivity contribution in [1.29, 1.82) is 0 Å². The molecular formula is C13H19FO. The van der Waals surface area contributed by atoms with Crippen molar-refractivity contribution in [2.75, 3.05) is 7.11 Å². The van der Waals surface area contributed by atoms with E-state index in [0.717, 1.165) is 18.4 Å². The third-order valence-corrected chi connectivity index (χ3v) is 2.81. The molecule has 0 heterocycles. The van der Waals surface area contributed by atoms with Crippen molar-refractivity contribution in [1.82, 2.24) is 0 Å². The molecule has 1 aromatic rings. The van der Waals surface area contributed by atoms with Gasteiger partial charge in [0, 0.05) is 0 Å². The smallest absolute Gasteiger partial charge is 0.165 e. The quantitative estimate of drug-likeness (QED) is 0.732. The monoisotopic (exact) mass is 210 g/mol. The van der Waals surface area contributed by atoms with Gasteiger partial charge in [0.2, 0.25) is 0 Å². The van der Waals surface area contributed by atoms with Gasteiger partial charge in [-0.1, -0.05) is 33.3 Å². The molecule has 15 heavy (non-hydrogen) atoms. The van der Waals surface area contributed by atoms with Crippen LogP contribution in [0.25, 0.3) is 0 Å². The highest BCUT2D eigenvalue weighted by Crippen LogP contribution is 2.31. The summed E-state index contributed by atoms with van der Waals surface area (Å²) in [5.41, 5.74) is 1.21. The zero-order chi connectivity index (χ0) is 11.5. The van der Waals surface area contributed by atoms with E-state index in [1.807, 2.05) is 6.07 Å². The van der Waals surface area contributed by atoms with E-state index < -0.39 is 0 Å². The van der Waals surface area contributed by atoms with E-state index in [-0.39, 0.29) is 11.2 Å². The Labute approximate surface area is 91.3 Å². The summed E-state index contributed by atoms with van der Waals surface area (Å²) in [4.78, 5) is 0. The summed E-state index contributed by atoms with van der Waals surface area (Å²) >= 11 is 0. The number of hydrogen-bond donors (Lipinski definition) is 0. The van der Waals surface area contributed by atoms with Crippen molar-refractivity contribution in [2.24, 2.45) is 0 Å². The summed E-state index contributed by atoms with van der Waals surface area (Å²) < 4.78 is 18.2. The Balaban J connectivity index is 3.04. The number of ether oxygens (including phenoxy) is 1. The molecule has 0 aliphatic heterocycles. The first-order chi connectivity index (χ1) is 7.01. The number of hydrogen-bond acceptors (Lipinski definition) is 1. The second-order valence-corrected chi connectivity index (χ2v) is 4.48. The van der Waals surface area contributed by atoms with Gasteiger partial charge in [0.25, 0.3) is 0 Å². The molecule has 0 bridgehead atoms. The second-order valence-electron chi connectivity index (χ2n) is 4.48. The minimum Gasteiger partial charge on any atom is -0.494 e. The average molecular weight is 210 g/mol. The largest absolute Gasteiger partial charge is 0.494 e. The summed E-state index contributed by atoms with van der Waals surface area (Å²) in [5.74, 6) is 0.0326. The minimum absolute atomic E-state index is 0.0791. The summed E-state index contributed by atoms with van der Waals surface area (Å²) in [7, 11) is 1.50. The zero-order valence-electron chi connectivity index (χ0n) is 9.93. The van der Waals surface area contributed by atoms with Gasteiger partial charge in [0.1, 0.15) is 0 Å². The minimum atomic E-state index is -0.298. The Morgan fingerprint density at radius 2 is 2.00 bits per heavy atom. The summed E-state index contributed by atoms with van der Waals surface area (Å²) in [6.45, 7) is 6.49. The van der Waals surface area contributed by atoms with Crippen LogP contribution in [0.1, 0.15) is 39.2 Å². The number of methoxy groups -OCH3 is 1. The Bertz CT molecular complexity index is 331. The maximum Gasteiger partial charge on any atom is 0.165 e. The topological polar surface area (TPSA) is 9.23 Å². The molecule has 0 saturated carbocycles. The Kier molecular flexibility index (Phi) is 3.72. The van der Waals surface area contributed by atoms with E-state index in [4.69, 9.17) is 4.74 Å². The summed E-state index contributed by atoms with van der Waals surface area (Å²) in [5, 5.41) is 0. The molecule has 0 radical (unpaired) electrons. The molecule has 0 fully saturated rings. The molecule has 0 unspecified atom stereocenters. The van der Waals surface area contributed by atoms with Crippen LogP contribution in [0.15, 0.2) is 18.2 Å². The lowest BCUT2D eigenvalue weighted by Crippen LogP contribution is -2.16. The van der Waals surface area contributed by atoms with E-state index >= 15 is 0 Å². The third kappa shape index (κ3) is 2.71. The molecule has 0 N–H and O–H groups in total. The van der Waals surface area contributed by atoms with Crippen LogP contribution in [0.2, 0.25) is 0 Å². The van der Waals surface area contributed by atoms with Crippen LogP contribution in [0, 0.1) is 5.82 Å². The maximum absolute atomic E-state index is 13.2. The van der Waals surface area contributed by atoms with Crippen LogP contribution < -0.4 is 4.74 Å². The van der Waals surface area contributed by atoms with Crippen LogP contribution in [-0.4, -0.2) is 7.11 Å². The lowest BCUT2D eigenvalue weighted by molar-refractivity contribution is 0.382. The van der Waals surface area contributed by atoms with Crippen molar-refractivity contribution in [3.05, 3.63) is 29.6 Å². The standard InChI is InChI=1S/C13H19FO/c1-5-8-13(2,3)10-6-7-11(14)12(9-10)15-4/h6-7,9H,5,8H2,1-4H3. The van der Waals surface area contributed by atoms with Crippen LogP contribution in [0.3, 0.4) is 0 Å². The molecule has 84 valence electrons. The number of halogens is 1. The van der Waals surface area contributed by atoms with E-state index in [9.17, 15) is 4.39 Å². The molecule has 0 amide bonds. The SMILES string of the molecule is CCCC(C)(C)c1ccc(F)c(OC)c1. The van der Waals surface area contributed by atoms with Crippen molar-refractivity contribution in [2.45, 2.75) is 39.0 Å². The number of benzene rings is 1. The van der Waals surface area contributed by atoms with Crippen LogP contribution >= 0.6 is 0 Å². The van der Waals surface area contributed by atoms with E-state index in [2.05, 4.69) is 20.8 Å². The van der Waals surface area contributed by atoms with Crippen molar-refractivity contribution in [3.63, 3.8) is 0 Å². The van der Waals surface area contributed by atoms with Gasteiger partial charge in [-0.3, -0.25) is 0 Å². The zero-order valence-corrected chi connectivity index (χ0v) is 9.93. The Hall–Kier alpha value is -1.05. The lowest BCUT2D eigenvalue weighted by Gasteiger charge is -2.25. The molecule has 1 rings (SSSR count). The van der Waals surface area contributed by atoms with Crippen LogP contribution in [0.5, 0.6) is 5.75 Å². The molecule has 0 atom stereocenters. The normalized spacial score (nSPS) is 11.5. The average Bonchev–Trinajstić information content (AvgIpc) is 2.18. The maximum atomic E-state index is 13.2. The third-order valence-electron chi connectivity index (χ3n) is 2.81. The summed E-state index contributed by atoms with van der Waals surface area (Å²) in [6, 6.07) is 5.12. The van der Waals surface area contributed by atoms with Gasteiger partial charge in [-0.05, 0) is 29.5 Å². The highest BCUT2D eigenvalue weighted by molar-refractivity contribution is 5.34. The van der Waals surface area contributed by atoms with E-state index in [1.54, 1.807) is 6.07 Å². The first kappa shape index (κ1) is 12.0. The molecular weight excluding hydrogens is 191 g/mol. The first-order valence-electron chi connectivity index (χ1n) is 5.35. The molecule has 0 saturated heterocycles. The van der Waals surface area contributed by atoms with Gasteiger partial charge in [-0.25, -0.2) is 4.39 Å². The van der Waals surface area contributed by atoms with E-state index in [0.29, 0.717) is 5.75 Å². The fourth-order valence-corrected chi connectivity index (χ4v) is 1.85.